The second-order valence-corrected chi connectivity index (χ2v) is 7.74. The Kier molecular flexibility index (Phi) is 2.96. The minimum absolute atomic E-state index is 0.150. The summed E-state index contributed by atoms with van der Waals surface area (Å²) in [5.74, 6) is 3.51. The molecule has 5 atom stereocenters. The van der Waals surface area contributed by atoms with Gasteiger partial charge in [0.1, 0.15) is 5.75 Å². The van der Waals surface area contributed by atoms with Crippen molar-refractivity contribution in [1.82, 2.24) is 0 Å². The number of benzene rings is 1. The van der Waals surface area contributed by atoms with Gasteiger partial charge in [-0.2, -0.15) is 0 Å². The molecule has 2 fully saturated rings. The predicted octanol–water partition coefficient (Wildman–Crippen LogP) is 2.79. The molecule has 3 aliphatic carbocycles. The molecule has 2 saturated carbocycles. The zero-order chi connectivity index (χ0) is 16.4. The molecule has 4 rings (SSSR count). The van der Waals surface area contributed by atoms with Gasteiger partial charge < -0.3 is 10.2 Å². The topological polar surface area (TPSA) is 57.5 Å². The van der Waals surface area contributed by atoms with Crippen LogP contribution in [0.15, 0.2) is 18.2 Å². The van der Waals surface area contributed by atoms with Crippen LogP contribution in [-0.2, 0) is 11.2 Å². The van der Waals surface area contributed by atoms with E-state index >= 15 is 0 Å². The number of hydrogen-bond donors (Lipinski definition) is 2. The molecule has 3 aliphatic rings. The first-order valence-corrected chi connectivity index (χ1v) is 8.46. The van der Waals surface area contributed by atoms with Crippen LogP contribution in [0.3, 0.4) is 0 Å². The standard InChI is InChI=1S/C20H22O3/c1-3-20(23)18(22)11-17-16-6-4-12-10-13(21)5-7-14(12)15(16)8-9-19(17,20)2/h1,5,7,10,15-17,21,23H,4,6,8-9,11H2,2H3/t15-,16-,17+,19+,20+/m1/s1. The van der Waals surface area contributed by atoms with Crippen molar-refractivity contribution in [3.8, 4) is 18.1 Å². The van der Waals surface area contributed by atoms with E-state index in [9.17, 15) is 15.0 Å². The van der Waals surface area contributed by atoms with Crippen LogP contribution in [0.5, 0.6) is 5.75 Å². The number of carbonyl (C=O) groups is 1. The molecule has 0 saturated heterocycles. The molecule has 0 spiro atoms. The van der Waals surface area contributed by atoms with Gasteiger partial charge in [-0.25, -0.2) is 0 Å². The summed E-state index contributed by atoms with van der Waals surface area (Å²) < 4.78 is 0. The zero-order valence-electron chi connectivity index (χ0n) is 13.4. The zero-order valence-corrected chi connectivity index (χ0v) is 13.4. The monoisotopic (exact) mass is 310 g/mol. The summed E-state index contributed by atoms with van der Waals surface area (Å²) in [6.45, 7) is 2.00. The molecule has 0 aliphatic heterocycles. The number of rotatable bonds is 0. The van der Waals surface area contributed by atoms with Crippen LogP contribution in [0.1, 0.15) is 49.7 Å². The molecular weight excluding hydrogens is 288 g/mol. The first kappa shape index (κ1) is 14.8. The van der Waals surface area contributed by atoms with E-state index in [2.05, 4.69) is 5.92 Å². The molecule has 2 N–H and O–H groups in total. The first-order valence-electron chi connectivity index (χ1n) is 8.46. The Balaban J connectivity index is 1.75. The van der Waals surface area contributed by atoms with Crippen molar-refractivity contribution in [3.63, 3.8) is 0 Å². The van der Waals surface area contributed by atoms with Gasteiger partial charge in [0.15, 0.2) is 11.4 Å². The van der Waals surface area contributed by atoms with Gasteiger partial charge in [-0.1, -0.05) is 18.9 Å². The van der Waals surface area contributed by atoms with E-state index in [0.717, 1.165) is 25.7 Å². The number of phenolic OH excluding ortho intramolecular Hbond substituents is 1. The van der Waals surface area contributed by atoms with Crippen molar-refractivity contribution in [2.75, 3.05) is 0 Å². The van der Waals surface area contributed by atoms with Crippen molar-refractivity contribution in [3.05, 3.63) is 29.3 Å². The van der Waals surface area contributed by atoms with Gasteiger partial charge in [0.05, 0.1) is 0 Å². The summed E-state index contributed by atoms with van der Waals surface area (Å²) in [4.78, 5) is 12.4. The average Bonchev–Trinajstić information content (AvgIpc) is 2.75. The third-order valence-electron chi connectivity index (χ3n) is 6.94. The summed E-state index contributed by atoms with van der Waals surface area (Å²) in [6.07, 6.45) is 9.58. The quantitative estimate of drug-likeness (QED) is 0.725. The van der Waals surface area contributed by atoms with Crippen LogP contribution in [-0.4, -0.2) is 21.6 Å². The molecular formula is C20H22O3. The van der Waals surface area contributed by atoms with Crippen LogP contribution in [0.4, 0.5) is 0 Å². The maximum absolute atomic E-state index is 12.4. The first-order chi connectivity index (χ1) is 10.9. The predicted molar refractivity (Wildman–Crippen MR) is 86.9 cm³/mol. The van der Waals surface area contributed by atoms with Crippen LogP contribution >= 0.6 is 0 Å². The highest BCUT2D eigenvalue weighted by Gasteiger charge is 2.65. The molecule has 0 aromatic heterocycles. The van der Waals surface area contributed by atoms with E-state index in [0.29, 0.717) is 24.0 Å². The van der Waals surface area contributed by atoms with Gasteiger partial charge in [0.25, 0.3) is 0 Å². The normalized spacial score (nSPS) is 41.6. The van der Waals surface area contributed by atoms with Gasteiger partial charge in [0.2, 0.25) is 0 Å². The number of Topliss-reactive ketones (excluding diaryl/α,β-unsaturated/α-hetero) is 1. The lowest BCUT2D eigenvalue weighted by molar-refractivity contribution is -0.136. The third kappa shape index (κ3) is 1.73. The van der Waals surface area contributed by atoms with E-state index in [1.807, 2.05) is 19.1 Å². The number of hydrogen-bond acceptors (Lipinski definition) is 3. The van der Waals surface area contributed by atoms with E-state index in [1.165, 1.54) is 11.1 Å². The molecule has 3 heteroatoms. The lowest BCUT2D eigenvalue weighted by Gasteiger charge is -2.51. The summed E-state index contributed by atoms with van der Waals surface area (Å²) in [6, 6.07) is 5.66. The van der Waals surface area contributed by atoms with Crippen molar-refractivity contribution in [2.24, 2.45) is 17.3 Å². The molecule has 23 heavy (non-hydrogen) atoms. The average molecular weight is 310 g/mol. The lowest BCUT2D eigenvalue weighted by Crippen LogP contribution is -2.52. The number of terminal acetylenes is 1. The molecule has 120 valence electrons. The van der Waals surface area contributed by atoms with E-state index in [1.54, 1.807) is 6.07 Å². The maximum Gasteiger partial charge on any atom is 0.189 e. The van der Waals surface area contributed by atoms with Crippen LogP contribution < -0.4 is 0 Å². The van der Waals surface area contributed by atoms with E-state index in [-0.39, 0.29) is 11.7 Å². The molecule has 0 heterocycles. The Morgan fingerprint density at radius 2 is 2.13 bits per heavy atom. The number of fused-ring (bicyclic) bond motifs is 5. The minimum atomic E-state index is -1.60. The Labute approximate surface area is 136 Å². The summed E-state index contributed by atoms with van der Waals surface area (Å²) >= 11 is 0. The Hall–Kier alpha value is -1.79. The lowest BCUT2D eigenvalue weighted by atomic mass is 9.53. The molecule has 0 amide bonds. The van der Waals surface area contributed by atoms with E-state index < -0.39 is 11.0 Å². The number of ketones is 1. The van der Waals surface area contributed by atoms with Gasteiger partial charge in [0, 0.05) is 11.8 Å². The highest BCUT2D eigenvalue weighted by molar-refractivity contribution is 5.94. The number of aliphatic hydroxyl groups is 1. The van der Waals surface area contributed by atoms with Crippen molar-refractivity contribution in [1.29, 1.82) is 0 Å². The maximum atomic E-state index is 12.4. The third-order valence-corrected chi connectivity index (χ3v) is 6.94. The molecule has 3 nitrogen and oxygen atoms in total. The van der Waals surface area contributed by atoms with Crippen molar-refractivity contribution in [2.45, 2.75) is 50.5 Å². The Morgan fingerprint density at radius 1 is 1.35 bits per heavy atom. The van der Waals surface area contributed by atoms with Gasteiger partial charge in [-0.05, 0) is 66.7 Å². The summed E-state index contributed by atoms with van der Waals surface area (Å²) in [5, 5.41) is 20.5. The van der Waals surface area contributed by atoms with Crippen molar-refractivity contribution < 1.29 is 15.0 Å². The van der Waals surface area contributed by atoms with Gasteiger partial charge in [-0.15, -0.1) is 6.42 Å². The number of phenols is 1. The SMILES string of the molecule is C#C[C@]1(O)C(=O)C[C@H]2[C@@H]3CCc4cc(O)ccc4[C@H]3CC[C@@]21C. The fourth-order valence-corrected chi connectivity index (χ4v) is 5.63. The van der Waals surface area contributed by atoms with Crippen LogP contribution in [0, 0.1) is 29.6 Å². The van der Waals surface area contributed by atoms with Crippen molar-refractivity contribution >= 4 is 5.78 Å². The highest BCUT2D eigenvalue weighted by atomic mass is 16.3. The number of aryl methyl sites for hydroxylation is 1. The molecule has 1 aromatic carbocycles. The van der Waals surface area contributed by atoms with E-state index in [4.69, 9.17) is 6.42 Å². The Morgan fingerprint density at radius 3 is 2.87 bits per heavy atom. The second kappa shape index (κ2) is 4.61. The number of aromatic hydroxyl groups is 1. The fourth-order valence-electron chi connectivity index (χ4n) is 5.63. The molecule has 1 aromatic rings. The van der Waals surface area contributed by atoms with Crippen LogP contribution in [0.25, 0.3) is 0 Å². The summed E-state index contributed by atoms with van der Waals surface area (Å²) in [7, 11) is 0. The molecule has 0 unspecified atom stereocenters. The minimum Gasteiger partial charge on any atom is -0.508 e. The largest absolute Gasteiger partial charge is 0.508 e. The summed E-state index contributed by atoms with van der Waals surface area (Å²) in [5.41, 5.74) is 0.433. The fraction of sp³-hybridized carbons (Fsp3) is 0.550. The smallest absolute Gasteiger partial charge is 0.189 e. The molecule has 0 radical (unpaired) electrons. The second-order valence-electron chi connectivity index (χ2n) is 7.74. The number of carbonyl (C=O) groups excluding carboxylic acids is 1. The van der Waals surface area contributed by atoms with Gasteiger partial charge >= 0.3 is 0 Å². The van der Waals surface area contributed by atoms with Gasteiger partial charge in [-0.3, -0.25) is 4.79 Å². The highest BCUT2D eigenvalue weighted by Crippen LogP contribution is 2.63. The molecule has 0 bridgehead atoms. The van der Waals surface area contributed by atoms with Crippen LogP contribution in [0.2, 0.25) is 0 Å². The Bertz CT molecular complexity index is 731.